The topological polar surface area (TPSA) is 57.2 Å². The molecule has 21 heavy (non-hydrogen) atoms. The number of rotatable bonds is 4. The van der Waals surface area contributed by atoms with Crippen LogP contribution in [0.2, 0.25) is 0 Å². The van der Waals surface area contributed by atoms with Crippen molar-refractivity contribution >= 4 is 0 Å². The highest BCUT2D eigenvalue weighted by molar-refractivity contribution is 5.39. The van der Waals surface area contributed by atoms with Crippen LogP contribution in [0.1, 0.15) is 22.4 Å². The fourth-order valence-corrected chi connectivity index (χ4v) is 2.79. The maximum absolute atomic E-state index is 12.3. The Hall–Kier alpha value is -2.07. The molecule has 1 aliphatic rings. The van der Waals surface area contributed by atoms with Crippen molar-refractivity contribution in [2.24, 2.45) is 5.73 Å². The quantitative estimate of drug-likeness (QED) is 0.931. The number of nitrogens with zero attached hydrogens (tertiary/aromatic N) is 1. The van der Waals surface area contributed by atoms with E-state index < -0.39 is 0 Å². The molecule has 0 fully saturated rings. The van der Waals surface area contributed by atoms with Crippen LogP contribution in [-0.4, -0.2) is 11.2 Å². The van der Waals surface area contributed by atoms with Crippen LogP contribution in [0.15, 0.2) is 35.1 Å². The molecule has 0 radical (unpaired) electrons. The summed E-state index contributed by atoms with van der Waals surface area (Å²) in [6.07, 6.45) is 1.81. The number of pyridine rings is 1. The van der Waals surface area contributed by atoms with E-state index in [1.807, 2.05) is 29.7 Å². The first-order valence-corrected chi connectivity index (χ1v) is 7.33. The van der Waals surface area contributed by atoms with E-state index in [0.29, 0.717) is 12.1 Å². The van der Waals surface area contributed by atoms with Gasteiger partial charge >= 0.3 is 0 Å². The van der Waals surface area contributed by atoms with Gasteiger partial charge in [0.25, 0.3) is 5.56 Å². The van der Waals surface area contributed by atoms with E-state index in [-0.39, 0.29) is 12.1 Å². The Morgan fingerprint density at radius 1 is 1.29 bits per heavy atom. The predicted molar refractivity (Wildman–Crippen MR) is 82.7 cm³/mol. The van der Waals surface area contributed by atoms with Crippen LogP contribution < -0.4 is 16.0 Å². The zero-order valence-electron chi connectivity index (χ0n) is 12.3. The van der Waals surface area contributed by atoms with Crippen LogP contribution in [0.5, 0.6) is 5.75 Å². The molecule has 1 aromatic heterocycles. The molecule has 1 aliphatic heterocycles. The van der Waals surface area contributed by atoms with Crippen LogP contribution in [0.25, 0.3) is 0 Å². The molecule has 0 aliphatic carbocycles. The van der Waals surface area contributed by atoms with E-state index in [1.54, 1.807) is 0 Å². The highest BCUT2D eigenvalue weighted by Crippen LogP contribution is 2.26. The van der Waals surface area contributed by atoms with Gasteiger partial charge in [0, 0.05) is 30.8 Å². The van der Waals surface area contributed by atoms with Gasteiger partial charge in [0.1, 0.15) is 5.75 Å². The molecule has 1 aromatic carbocycles. The van der Waals surface area contributed by atoms with Crippen molar-refractivity contribution in [3.05, 3.63) is 63.1 Å². The predicted octanol–water partition coefficient (Wildman–Crippen LogP) is 1.79. The van der Waals surface area contributed by atoms with Crippen LogP contribution in [0, 0.1) is 6.92 Å². The highest BCUT2D eigenvalue weighted by atomic mass is 16.5. The number of aryl methyl sites for hydroxylation is 2. The summed E-state index contributed by atoms with van der Waals surface area (Å²) in [5.41, 5.74) is 9.79. The maximum atomic E-state index is 12.3. The van der Waals surface area contributed by atoms with Gasteiger partial charge < -0.3 is 15.0 Å². The first-order chi connectivity index (χ1) is 10.2. The molecule has 4 heteroatoms. The normalized spacial score (nSPS) is 13.0. The number of benzene rings is 1. The van der Waals surface area contributed by atoms with E-state index in [2.05, 4.69) is 12.1 Å². The lowest BCUT2D eigenvalue weighted by Crippen LogP contribution is -2.27. The summed E-state index contributed by atoms with van der Waals surface area (Å²) < 4.78 is 7.33. The fourth-order valence-electron chi connectivity index (χ4n) is 2.79. The fraction of sp³-hybridized carbons (Fsp3) is 0.353. The lowest BCUT2D eigenvalue weighted by Gasteiger charge is -2.12. The number of hydrogen-bond acceptors (Lipinski definition) is 3. The molecule has 0 unspecified atom stereocenters. The summed E-state index contributed by atoms with van der Waals surface area (Å²) in [7, 11) is 0. The Labute approximate surface area is 124 Å². The Morgan fingerprint density at radius 3 is 2.95 bits per heavy atom. The Balaban J connectivity index is 1.80. The van der Waals surface area contributed by atoms with Gasteiger partial charge in [-0.15, -0.1) is 0 Å². The van der Waals surface area contributed by atoms with Crippen molar-refractivity contribution in [2.45, 2.75) is 32.9 Å². The Kier molecular flexibility index (Phi) is 3.80. The largest absolute Gasteiger partial charge is 0.493 e. The summed E-state index contributed by atoms with van der Waals surface area (Å²) in [5, 5.41) is 0. The van der Waals surface area contributed by atoms with Crippen LogP contribution >= 0.6 is 0 Å². The van der Waals surface area contributed by atoms with Crippen molar-refractivity contribution in [2.75, 3.05) is 6.61 Å². The van der Waals surface area contributed by atoms with Crippen molar-refractivity contribution in [3.8, 4) is 5.75 Å². The molecular formula is C17H20N2O2. The molecular weight excluding hydrogens is 264 g/mol. The monoisotopic (exact) mass is 284 g/mol. The van der Waals surface area contributed by atoms with E-state index in [9.17, 15) is 4.79 Å². The standard InChI is InChI=1S/C17H20N2O2/c1-12-2-4-15(11-18)17(20)19(12)8-6-13-3-5-16-14(10-13)7-9-21-16/h2-5,10H,6-9,11,18H2,1H3. The SMILES string of the molecule is Cc1ccc(CN)c(=O)n1CCc1ccc2c(c1)CCO2. The van der Waals surface area contributed by atoms with Crippen LogP contribution in [-0.2, 0) is 25.9 Å². The van der Waals surface area contributed by atoms with Gasteiger partial charge in [0.2, 0.25) is 0 Å². The van der Waals surface area contributed by atoms with Gasteiger partial charge in [-0.05, 0) is 36.6 Å². The molecule has 0 atom stereocenters. The van der Waals surface area contributed by atoms with Gasteiger partial charge in [-0.1, -0.05) is 18.2 Å². The number of hydrogen-bond donors (Lipinski definition) is 1. The van der Waals surface area contributed by atoms with Crippen molar-refractivity contribution < 1.29 is 4.74 Å². The van der Waals surface area contributed by atoms with Gasteiger partial charge in [-0.2, -0.15) is 0 Å². The summed E-state index contributed by atoms with van der Waals surface area (Å²) in [6.45, 7) is 3.70. The second kappa shape index (κ2) is 5.74. The zero-order chi connectivity index (χ0) is 14.8. The first-order valence-electron chi connectivity index (χ1n) is 7.33. The summed E-state index contributed by atoms with van der Waals surface area (Å²) >= 11 is 0. The average molecular weight is 284 g/mol. The minimum Gasteiger partial charge on any atom is -0.493 e. The lowest BCUT2D eigenvalue weighted by molar-refractivity contribution is 0.357. The first kappa shape index (κ1) is 13.9. The minimum atomic E-state index is 0.0296. The summed E-state index contributed by atoms with van der Waals surface area (Å²) in [4.78, 5) is 12.3. The van der Waals surface area contributed by atoms with E-state index >= 15 is 0 Å². The van der Waals surface area contributed by atoms with Gasteiger partial charge in [0.05, 0.1) is 6.61 Å². The summed E-state index contributed by atoms with van der Waals surface area (Å²) in [6, 6.07) is 10.1. The van der Waals surface area contributed by atoms with E-state index in [4.69, 9.17) is 10.5 Å². The third-order valence-corrected chi connectivity index (χ3v) is 4.07. The van der Waals surface area contributed by atoms with Crippen LogP contribution in [0.3, 0.4) is 0 Å². The summed E-state index contributed by atoms with van der Waals surface area (Å²) in [5.74, 6) is 0.997. The third-order valence-electron chi connectivity index (χ3n) is 4.07. The van der Waals surface area contributed by atoms with E-state index in [0.717, 1.165) is 30.9 Å². The third kappa shape index (κ3) is 2.72. The molecule has 2 heterocycles. The number of ether oxygens (including phenoxy) is 1. The Morgan fingerprint density at radius 2 is 2.14 bits per heavy atom. The van der Waals surface area contributed by atoms with Crippen molar-refractivity contribution in [3.63, 3.8) is 0 Å². The molecule has 0 saturated carbocycles. The van der Waals surface area contributed by atoms with Gasteiger partial charge in [-0.25, -0.2) is 0 Å². The number of aromatic nitrogens is 1. The molecule has 0 bridgehead atoms. The smallest absolute Gasteiger partial charge is 0.255 e. The number of fused-ring (bicyclic) bond motifs is 1. The number of nitrogens with two attached hydrogens (primary N) is 1. The molecule has 0 amide bonds. The average Bonchev–Trinajstić information content (AvgIpc) is 2.95. The van der Waals surface area contributed by atoms with Crippen LogP contribution in [0.4, 0.5) is 0 Å². The Bertz CT molecular complexity index is 719. The van der Waals surface area contributed by atoms with Crippen molar-refractivity contribution in [1.82, 2.24) is 4.57 Å². The second-order valence-corrected chi connectivity index (χ2v) is 5.45. The second-order valence-electron chi connectivity index (χ2n) is 5.45. The van der Waals surface area contributed by atoms with Gasteiger partial charge in [0.15, 0.2) is 0 Å². The molecule has 0 spiro atoms. The lowest BCUT2D eigenvalue weighted by atomic mass is 10.1. The van der Waals surface area contributed by atoms with E-state index in [1.165, 1.54) is 11.1 Å². The maximum Gasteiger partial charge on any atom is 0.255 e. The van der Waals surface area contributed by atoms with Crippen molar-refractivity contribution in [1.29, 1.82) is 0 Å². The highest BCUT2D eigenvalue weighted by Gasteiger charge is 2.12. The molecule has 2 N–H and O–H groups in total. The zero-order valence-corrected chi connectivity index (χ0v) is 12.3. The molecule has 4 nitrogen and oxygen atoms in total. The molecule has 3 rings (SSSR count). The van der Waals surface area contributed by atoms with Gasteiger partial charge in [-0.3, -0.25) is 4.79 Å². The molecule has 0 saturated heterocycles. The molecule has 2 aromatic rings. The molecule has 110 valence electrons. The minimum absolute atomic E-state index is 0.0296.